The molecule has 6 heteroatoms. The Morgan fingerprint density at radius 3 is 2.57 bits per heavy atom. The van der Waals surface area contributed by atoms with Gasteiger partial charge in [0.25, 0.3) is 0 Å². The van der Waals surface area contributed by atoms with Gasteiger partial charge >= 0.3 is 5.97 Å². The van der Waals surface area contributed by atoms with Crippen molar-refractivity contribution in [2.24, 2.45) is 0 Å². The van der Waals surface area contributed by atoms with Crippen LogP contribution in [0.1, 0.15) is 22.8 Å². The number of fused-ring (bicyclic) bond motifs is 1. The minimum absolute atomic E-state index is 0.158. The number of aromatic carboxylic acids is 1. The van der Waals surface area contributed by atoms with Crippen LogP contribution in [0.4, 0.5) is 0 Å². The minimum atomic E-state index is -1.02. The van der Waals surface area contributed by atoms with Crippen LogP contribution in [0.5, 0.6) is 5.75 Å². The average Bonchev–Trinajstić information content (AvgIpc) is 3.17. The topological polar surface area (TPSA) is 88.1 Å². The van der Waals surface area contributed by atoms with Crippen LogP contribution in [0.25, 0.3) is 33.5 Å². The fraction of sp³-hybridized carbons (Fsp3) is 0.136. The quantitative estimate of drug-likeness (QED) is 0.535. The highest BCUT2D eigenvalue weighted by Gasteiger charge is 2.20. The number of H-pyrrole nitrogens is 1. The number of carboxylic acids is 1. The van der Waals surface area contributed by atoms with E-state index in [0.717, 1.165) is 17.5 Å². The third-order valence-corrected chi connectivity index (χ3v) is 4.77. The molecule has 0 bridgehead atoms. The number of nitrogens with zero attached hydrogens (tertiary/aromatic N) is 2. The highest BCUT2D eigenvalue weighted by atomic mass is 16.5. The van der Waals surface area contributed by atoms with Gasteiger partial charge in [0.2, 0.25) is 0 Å². The smallest absolute Gasteiger partial charge is 0.336 e. The summed E-state index contributed by atoms with van der Waals surface area (Å²) in [7, 11) is 1.59. The molecule has 0 amide bonds. The molecule has 4 aromatic rings. The molecule has 0 aliphatic rings. The molecule has 2 aromatic heterocycles. The first kappa shape index (κ1) is 17.7. The zero-order valence-electron chi connectivity index (χ0n) is 15.6. The van der Waals surface area contributed by atoms with Crippen LogP contribution in [-0.2, 0) is 6.42 Å². The van der Waals surface area contributed by atoms with Crippen molar-refractivity contribution in [2.45, 2.75) is 13.3 Å². The lowest BCUT2D eigenvalue weighted by Gasteiger charge is -2.07. The highest BCUT2D eigenvalue weighted by Crippen LogP contribution is 2.32. The number of aryl methyl sites for hydroxylation is 1. The first-order chi connectivity index (χ1) is 13.6. The van der Waals surface area contributed by atoms with Crippen LogP contribution in [-0.4, -0.2) is 33.4 Å². The summed E-state index contributed by atoms with van der Waals surface area (Å²) in [4.78, 5) is 16.6. The van der Waals surface area contributed by atoms with E-state index in [4.69, 9.17) is 4.74 Å². The van der Waals surface area contributed by atoms with Gasteiger partial charge in [-0.05, 0) is 30.2 Å². The molecular formula is C22H19N3O3. The van der Waals surface area contributed by atoms with Gasteiger partial charge < -0.3 is 9.84 Å². The van der Waals surface area contributed by atoms with Crippen molar-refractivity contribution < 1.29 is 14.6 Å². The van der Waals surface area contributed by atoms with E-state index < -0.39 is 5.97 Å². The summed E-state index contributed by atoms with van der Waals surface area (Å²) in [6.45, 7) is 2.09. The number of benzene rings is 2. The van der Waals surface area contributed by atoms with Crippen LogP contribution in [0.3, 0.4) is 0 Å². The number of aromatic amines is 1. The second-order valence-electron chi connectivity index (χ2n) is 6.44. The van der Waals surface area contributed by atoms with Gasteiger partial charge in [-0.2, -0.15) is 5.10 Å². The summed E-state index contributed by atoms with van der Waals surface area (Å²) in [5.74, 6) is -0.345. The summed E-state index contributed by atoms with van der Waals surface area (Å²) in [6, 6.07) is 16.9. The van der Waals surface area contributed by atoms with Crippen LogP contribution in [0.15, 0.2) is 54.6 Å². The molecule has 2 N–H and O–H groups in total. The maximum Gasteiger partial charge on any atom is 0.336 e. The van der Waals surface area contributed by atoms with Gasteiger partial charge in [0.15, 0.2) is 5.65 Å². The number of pyridine rings is 1. The summed E-state index contributed by atoms with van der Waals surface area (Å²) in [5, 5.41) is 17.5. The Morgan fingerprint density at radius 1 is 1.11 bits per heavy atom. The maximum absolute atomic E-state index is 12.0. The Balaban J connectivity index is 1.90. The summed E-state index contributed by atoms with van der Waals surface area (Å²) < 4.78 is 5.27. The molecule has 0 aliphatic heterocycles. The number of hydrogen-bond donors (Lipinski definition) is 2. The zero-order valence-corrected chi connectivity index (χ0v) is 15.6. The van der Waals surface area contributed by atoms with E-state index in [-0.39, 0.29) is 5.56 Å². The van der Waals surface area contributed by atoms with Crippen molar-refractivity contribution in [1.82, 2.24) is 15.2 Å². The fourth-order valence-electron chi connectivity index (χ4n) is 3.24. The molecule has 0 atom stereocenters. The Hall–Kier alpha value is -3.67. The number of ether oxygens (including phenoxy) is 1. The fourth-order valence-corrected chi connectivity index (χ4v) is 3.24. The molecule has 6 nitrogen and oxygen atoms in total. The lowest BCUT2D eigenvalue weighted by molar-refractivity contribution is 0.0699. The second kappa shape index (κ2) is 7.15. The summed E-state index contributed by atoms with van der Waals surface area (Å²) in [6.07, 6.45) is 0.941. The van der Waals surface area contributed by atoms with Gasteiger partial charge in [0.1, 0.15) is 5.75 Å². The Kier molecular flexibility index (Phi) is 4.53. The standard InChI is InChI=1S/C22H19N3O3/c1-3-13-7-9-14(10-8-13)18-12-17(22(26)27)19-20(24-25-21(19)23-18)15-5-4-6-16(11-15)28-2/h4-12H,3H2,1-2H3,(H,26,27)(H,23,24,25). The second-order valence-corrected chi connectivity index (χ2v) is 6.44. The third-order valence-electron chi connectivity index (χ3n) is 4.77. The normalized spacial score (nSPS) is 10.9. The van der Waals surface area contributed by atoms with Crippen LogP contribution >= 0.6 is 0 Å². The molecule has 0 spiro atoms. The lowest BCUT2D eigenvalue weighted by atomic mass is 10.0. The van der Waals surface area contributed by atoms with Gasteiger partial charge in [-0.3, -0.25) is 5.10 Å². The van der Waals surface area contributed by atoms with Crippen molar-refractivity contribution in [2.75, 3.05) is 7.11 Å². The van der Waals surface area contributed by atoms with E-state index in [2.05, 4.69) is 22.1 Å². The lowest BCUT2D eigenvalue weighted by Crippen LogP contribution is -2.00. The van der Waals surface area contributed by atoms with E-state index in [1.807, 2.05) is 48.5 Å². The van der Waals surface area contributed by atoms with Gasteiger partial charge in [-0.25, -0.2) is 9.78 Å². The first-order valence-electron chi connectivity index (χ1n) is 8.97. The third kappa shape index (κ3) is 3.09. The van der Waals surface area contributed by atoms with Gasteiger partial charge in [0, 0.05) is 11.1 Å². The summed E-state index contributed by atoms with van der Waals surface area (Å²) >= 11 is 0. The number of nitrogens with one attached hydrogen (secondary N) is 1. The predicted molar refractivity (Wildman–Crippen MR) is 108 cm³/mol. The molecular weight excluding hydrogens is 354 g/mol. The van der Waals surface area contributed by atoms with E-state index in [1.54, 1.807) is 13.2 Å². The van der Waals surface area contributed by atoms with Crippen molar-refractivity contribution in [1.29, 1.82) is 0 Å². The molecule has 28 heavy (non-hydrogen) atoms. The molecule has 0 saturated heterocycles. The number of rotatable bonds is 5. The number of carboxylic acid groups (broad SMARTS) is 1. The SMILES string of the molecule is CCc1ccc(-c2cc(C(=O)O)c3c(-c4cccc(OC)c4)[nH]nc3n2)cc1. The van der Waals surface area contributed by atoms with Gasteiger partial charge in [-0.1, -0.05) is 43.3 Å². The molecule has 0 fully saturated rings. The van der Waals surface area contributed by atoms with Crippen LogP contribution in [0.2, 0.25) is 0 Å². The van der Waals surface area contributed by atoms with Crippen molar-refractivity contribution in [3.05, 3.63) is 65.7 Å². The maximum atomic E-state index is 12.0. The highest BCUT2D eigenvalue weighted by molar-refractivity contribution is 6.08. The van der Waals surface area contributed by atoms with Gasteiger partial charge in [-0.15, -0.1) is 0 Å². The monoisotopic (exact) mass is 373 g/mol. The van der Waals surface area contributed by atoms with Crippen LogP contribution in [0, 0.1) is 0 Å². The largest absolute Gasteiger partial charge is 0.497 e. The molecule has 0 radical (unpaired) electrons. The van der Waals surface area contributed by atoms with Crippen molar-refractivity contribution in [3.63, 3.8) is 0 Å². The molecule has 4 rings (SSSR count). The van der Waals surface area contributed by atoms with E-state index in [9.17, 15) is 9.90 Å². The number of carbonyl (C=O) groups is 1. The van der Waals surface area contributed by atoms with E-state index in [1.165, 1.54) is 5.56 Å². The number of hydrogen-bond acceptors (Lipinski definition) is 4. The molecule has 2 heterocycles. The average molecular weight is 373 g/mol. The Morgan fingerprint density at radius 2 is 1.89 bits per heavy atom. The van der Waals surface area contributed by atoms with Crippen LogP contribution < -0.4 is 4.74 Å². The minimum Gasteiger partial charge on any atom is -0.497 e. The molecule has 0 saturated carbocycles. The predicted octanol–water partition coefficient (Wildman–Crippen LogP) is 4.56. The summed E-state index contributed by atoms with van der Waals surface area (Å²) in [5.41, 5.74) is 4.56. The zero-order chi connectivity index (χ0) is 19.7. The van der Waals surface area contributed by atoms with E-state index >= 15 is 0 Å². The molecule has 140 valence electrons. The Labute approximate surface area is 161 Å². The number of methoxy groups -OCH3 is 1. The first-order valence-corrected chi connectivity index (χ1v) is 8.97. The molecule has 2 aromatic carbocycles. The molecule has 0 aliphatic carbocycles. The number of aromatic nitrogens is 3. The van der Waals surface area contributed by atoms with Crippen molar-refractivity contribution >= 4 is 17.0 Å². The van der Waals surface area contributed by atoms with E-state index in [0.29, 0.717) is 28.2 Å². The van der Waals surface area contributed by atoms with Crippen molar-refractivity contribution in [3.8, 4) is 28.3 Å². The Bertz CT molecular complexity index is 1160. The molecule has 0 unspecified atom stereocenters. The van der Waals surface area contributed by atoms with Gasteiger partial charge in [0.05, 0.1) is 29.4 Å².